The van der Waals surface area contributed by atoms with Crippen LogP contribution in [0.3, 0.4) is 0 Å². The lowest BCUT2D eigenvalue weighted by Crippen LogP contribution is -2.44. The third-order valence-electron chi connectivity index (χ3n) is 6.21. The van der Waals surface area contributed by atoms with Gasteiger partial charge in [-0.15, -0.1) is 0 Å². The molecular formula is C27H31N3O2. The van der Waals surface area contributed by atoms with Crippen molar-refractivity contribution in [3.8, 4) is 0 Å². The van der Waals surface area contributed by atoms with Crippen molar-refractivity contribution in [2.24, 2.45) is 0 Å². The van der Waals surface area contributed by atoms with Crippen LogP contribution in [0, 0.1) is 0 Å². The highest BCUT2D eigenvalue weighted by atomic mass is 16.1. The van der Waals surface area contributed by atoms with Crippen molar-refractivity contribution >= 4 is 28.2 Å². The Hall–Kier alpha value is -3.02. The number of hydrogen-bond donors (Lipinski definition) is 1. The van der Waals surface area contributed by atoms with Gasteiger partial charge in [0.15, 0.2) is 5.78 Å². The maximum absolute atomic E-state index is 12.9. The summed E-state index contributed by atoms with van der Waals surface area (Å²) in [5, 5.41) is 5.06. The molecule has 0 saturated carbocycles. The van der Waals surface area contributed by atoms with E-state index in [-0.39, 0.29) is 11.7 Å². The predicted octanol–water partition coefficient (Wildman–Crippen LogP) is 4.69. The van der Waals surface area contributed by atoms with Gasteiger partial charge in [-0.2, -0.15) is 0 Å². The van der Waals surface area contributed by atoms with Crippen molar-refractivity contribution < 1.29 is 9.59 Å². The summed E-state index contributed by atoms with van der Waals surface area (Å²) in [7, 11) is 2.16. The fraction of sp³-hybridized carbons (Fsp3) is 0.333. The number of piperazine rings is 1. The lowest BCUT2D eigenvalue weighted by molar-refractivity contribution is 0.0976. The predicted molar refractivity (Wildman–Crippen MR) is 130 cm³/mol. The number of fused-ring (bicyclic) bond motifs is 1. The summed E-state index contributed by atoms with van der Waals surface area (Å²) in [6.45, 7) is 5.48. The Balaban J connectivity index is 1.34. The molecule has 4 rings (SSSR count). The molecule has 32 heavy (non-hydrogen) atoms. The molecule has 1 fully saturated rings. The zero-order chi connectivity index (χ0) is 22.3. The van der Waals surface area contributed by atoms with E-state index in [0.717, 1.165) is 56.3 Å². The summed E-state index contributed by atoms with van der Waals surface area (Å²) in [6.07, 6.45) is 2.37. The number of hydrogen-bond acceptors (Lipinski definition) is 4. The Labute approximate surface area is 190 Å². The molecule has 0 atom stereocenters. The quantitative estimate of drug-likeness (QED) is 0.417. The Morgan fingerprint density at radius 2 is 1.56 bits per heavy atom. The van der Waals surface area contributed by atoms with E-state index in [1.807, 2.05) is 54.6 Å². The van der Waals surface area contributed by atoms with Crippen molar-refractivity contribution in [2.75, 3.05) is 45.1 Å². The van der Waals surface area contributed by atoms with Gasteiger partial charge in [-0.25, -0.2) is 0 Å². The minimum absolute atomic E-state index is 0.0813. The number of rotatable bonds is 8. The van der Waals surface area contributed by atoms with E-state index in [1.54, 1.807) is 12.1 Å². The van der Waals surface area contributed by atoms with E-state index in [2.05, 4.69) is 22.2 Å². The number of ketones is 1. The highest BCUT2D eigenvalue weighted by Crippen LogP contribution is 2.21. The van der Waals surface area contributed by atoms with E-state index in [1.165, 1.54) is 0 Å². The van der Waals surface area contributed by atoms with Crippen molar-refractivity contribution in [3.05, 3.63) is 77.9 Å². The van der Waals surface area contributed by atoms with Crippen LogP contribution in [0.25, 0.3) is 10.8 Å². The number of nitrogens with zero attached hydrogens (tertiary/aromatic N) is 2. The van der Waals surface area contributed by atoms with Gasteiger partial charge in [-0.1, -0.05) is 42.5 Å². The van der Waals surface area contributed by atoms with Gasteiger partial charge >= 0.3 is 0 Å². The van der Waals surface area contributed by atoms with E-state index < -0.39 is 0 Å². The van der Waals surface area contributed by atoms with Gasteiger partial charge in [-0.3, -0.25) is 9.59 Å². The minimum atomic E-state index is -0.203. The first-order chi connectivity index (χ1) is 15.6. The van der Waals surface area contributed by atoms with E-state index in [4.69, 9.17) is 0 Å². The Kier molecular flexibility index (Phi) is 7.30. The summed E-state index contributed by atoms with van der Waals surface area (Å²) in [5.74, 6) is -0.121. The highest BCUT2D eigenvalue weighted by molar-refractivity contribution is 6.10. The molecule has 166 valence electrons. The molecule has 0 spiro atoms. The molecule has 3 aromatic rings. The van der Waals surface area contributed by atoms with Crippen LogP contribution in [0.5, 0.6) is 0 Å². The maximum Gasteiger partial charge on any atom is 0.255 e. The van der Waals surface area contributed by atoms with Crippen LogP contribution in [-0.2, 0) is 0 Å². The monoisotopic (exact) mass is 429 g/mol. The zero-order valence-electron chi connectivity index (χ0n) is 18.7. The molecule has 0 aromatic heterocycles. The largest absolute Gasteiger partial charge is 0.321 e. The molecule has 3 aromatic carbocycles. The topological polar surface area (TPSA) is 52.6 Å². The zero-order valence-corrected chi connectivity index (χ0v) is 18.7. The van der Waals surface area contributed by atoms with Crippen molar-refractivity contribution in [1.82, 2.24) is 9.80 Å². The van der Waals surface area contributed by atoms with Gasteiger partial charge in [-0.05, 0) is 61.5 Å². The molecule has 5 heteroatoms. The molecule has 1 aliphatic heterocycles. The second-order valence-corrected chi connectivity index (χ2v) is 8.59. The fourth-order valence-electron chi connectivity index (χ4n) is 4.19. The van der Waals surface area contributed by atoms with Crippen LogP contribution in [0.2, 0.25) is 0 Å². The van der Waals surface area contributed by atoms with Crippen LogP contribution in [-0.4, -0.2) is 61.3 Å². The second kappa shape index (κ2) is 10.5. The summed E-state index contributed by atoms with van der Waals surface area (Å²) >= 11 is 0. The van der Waals surface area contributed by atoms with Crippen LogP contribution in [0.4, 0.5) is 5.69 Å². The number of nitrogens with one attached hydrogen (secondary N) is 1. The average Bonchev–Trinajstić information content (AvgIpc) is 2.83. The van der Waals surface area contributed by atoms with E-state index >= 15 is 0 Å². The molecule has 1 amide bonds. The number of Topliss-reactive ketones (excluding diaryl/α,β-unsaturated/α-hetero) is 1. The van der Waals surface area contributed by atoms with Gasteiger partial charge in [0.05, 0.1) is 5.69 Å². The van der Waals surface area contributed by atoms with Crippen molar-refractivity contribution in [3.63, 3.8) is 0 Å². The maximum atomic E-state index is 12.9. The Morgan fingerprint density at radius 3 is 2.38 bits per heavy atom. The minimum Gasteiger partial charge on any atom is -0.321 e. The van der Waals surface area contributed by atoms with Crippen molar-refractivity contribution in [1.29, 1.82) is 0 Å². The molecule has 5 nitrogen and oxygen atoms in total. The third kappa shape index (κ3) is 5.61. The molecule has 0 bridgehead atoms. The van der Waals surface area contributed by atoms with Crippen LogP contribution in [0.15, 0.2) is 66.7 Å². The number of carbonyl (C=O) groups excluding carboxylic acids is 2. The average molecular weight is 430 g/mol. The second-order valence-electron chi connectivity index (χ2n) is 8.59. The molecular weight excluding hydrogens is 398 g/mol. The van der Waals surface area contributed by atoms with Crippen LogP contribution >= 0.6 is 0 Å². The van der Waals surface area contributed by atoms with Crippen LogP contribution in [0.1, 0.15) is 40.0 Å². The van der Waals surface area contributed by atoms with Gasteiger partial charge in [0.1, 0.15) is 0 Å². The van der Waals surface area contributed by atoms with E-state index in [0.29, 0.717) is 23.2 Å². The number of likely N-dealkylation sites (N-methyl/N-ethyl adjacent to an activating group) is 1. The summed E-state index contributed by atoms with van der Waals surface area (Å²) < 4.78 is 0. The van der Waals surface area contributed by atoms with Gasteiger partial charge in [0.2, 0.25) is 0 Å². The number of para-hydroxylation sites is 1. The lowest BCUT2D eigenvalue weighted by Gasteiger charge is -2.32. The first-order valence-electron chi connectivity index (χ1n) is 11.4. The van der Waals surface area contributed by atoms with Gasteiger partial charge in [0, 0.05) is 43.7 Å². The number of unbranched alkanes of at least 4 members (excludes halogenated alkanes) is 1. The lowest BCUT2D eigenvalue weighted by atomic mass is 10.0. The summed E-state index contributed by atoms with van der Waals surface area (Å²) in [5.41, 5.74) is 1.74. The standard InChI is InChI=1S/C27H31N3O2/c1-29-16-18-30(19-17-29)15-7-6-12-26(31)24-10-4-5-11-25(24)28-27(32)23-14-13-21-8-2-3-9-22(21)20-23/h2-5,8-11,13-14,20H,6-7,12,15-19H2,1H3,(H,28,32). The number of benzene rings is 3. The first-order valence-corrected chi connectivity index (χ1v) is 11.4. The molecule has 0 aliphatic carbocycles. The van der Waals surface area contributed by atoms with Gasteiger partial charge < -0.3 is 15.1 Å². The summed E-state index contributed by atoms with van der Waals surface area (Å²) in [4.78, 5) is 30.6. The number of anilines is 1. The highest BCUT2D eigenvalue weighted by Gasteiger charge is 2.16. The number of amides is 1. The molecule has 1 heterocycles. The van der Waals surface area contributed by atoms with Crippen LogP contribution < -0.4 is 5.32 Å². The number of carbonyl (C=O) groups is 2. The Bertz CT molecular complexity index is 1090. The third-order valence-corrected chi connectivity index (χ3v) is 6.21. The SMILES string of the molecule is CN1CCN(CCCCC(=O)c2ccccc2NC(=O)c2ccc3ccccc3c2)CC1. The summed E-state index contributed by atoms with van der Waals surface area (Å²) in [6, 6.07) is 20.9. The molecule has 1 N–H and O–H groups in total. The molecule has 0 unspecified atom stereocenters. The van der Waals surface area contributed by atoms with E-state index in [9.17, 15) is 9.59 Å². The first kappa shape index (κ1) is 22.2. The smallest absolute Gasteiger partial charge is 0.255 e. The normalized spacial score (nSPS) is 15.0. The molecule has 1 saturated heterocycles. The molecule has 1 aliphatic rings. The molecule has 0 radical (unpaired) electrons. The van der Waals surface area contributed by atoms with Crippen molar-refractivity contribution in [2.45, 2.75) is 19.3 Å². The van der Waals surface area contributed by atoms with Gasteiger partial charge in [0.25, 0.3) is 5.91 Å². The Morgan fingerprint density at radius 1 is 0.844 bits per heavy atom. The fourth-order valence-corrected chi connectivity index (χ4v) is 4.19.